The van der Waals surface area contributed by atoms with Gasteiger partial charge in [0.15, 0.2) is 11.5 Å². The molecular weight excluding hydrogens is 282 g/mol. The second kappa shape index (κ2) is 6.58. The zero-order valence-corrected chi connectivity index (χ0v) is 12.7. The summed E-state index contributed by atoms with van der Waals surface area (Å²) in [5.41, 5.74) is 2.24. The molecule has 1 aliphatic heterocycles. The molecule has 0 unspecified atom stereocenters. The van der Waals surface area contributed by atoms with Crippen LogP contribution in [-0.4, -0.2) is 21.0 Å². The average molecular weight is 301 g/mol. The maximum atomic E-state index is 5.39. The van der Waals surface area contributed by atoms with Crippen LogP contribution in [0.15, 0.2) is 36.4 Å². The van der Waals surface area contributed by atoms with Gasteiger partial charge in [0.2, 0.25) is 6.79 Å². The van der Waals surface area contributed by atoms with Crippen molar-refractivity contribution < 1.29 is 18.9 Å². The molecule has 0 saturated heterocycles. The number of ether oxygens (including phenoxy) is 4. The van der Waals surface area contributed by atoms with Gasteiger partial charge in [-0.15, -0.1) is 0 Å². The number of benzene rings is 2. The van der Waals surface area contributed by atoms with Crippen molar-refractivity contribution in [2.75, 3.05) is 21.0 Å². The van der Waals surface area contributed by atoms with E-state index in [0.29, 0.717) is 13.3 Å². The summed E-state index contributed by atoms with van der Waals surface area (Å²) >= 11 is 0. The first-order valence-corrected chi connectivity index (χ1v) is 7.10. The Kier molecular flexibility index (Phi) is 4.34. The topological polar surface area (TPSA) is 49.0 Å². The molecule has 1 heterocycles. The number of hydrogen-bond acceptors (Lipinski definition) is 5. The molecule has 116 valence electrons. The third-order valence-corrected chi connectivity index (χ3v) is 3.58. The van der Waals surface area contributed by atoms with E-state index in [1.54, 1.807) is 14.2 Å². The number of hydrogen-bond donors (Lipinski definition) is 1. The van der Waals surface area contributed by atoms with Gasteiger partial charge in [0.25, 0.3) is 0 Å². The molecule has 5 nitrogen and oxygen atoms in total. The van der Waals surface area contributed by atoms with Gasteiger partial charge >= 0.3 is 0 Å². The third kappa shape index (κ3) is 3.09. The van der Waals surface area contributed by atoms with Crippen LogP contribution in [0.2, 0.25) is 0 Å². The minimum atomic E-state index is 0.301. The monoisotopic (exact) mass is 301 g/mol. The van der Waals surface area contributed by atoms with Gasteiger partial charge in [-0.05, 0) is 23.8 Å². The van der Waals surface area contributed by atoms with Crippen molar-refractivity contribution in [3.8, 4) is 23.0 Å². The van der Waals surface area contributed by atoms with Crippen molar-refractivity contribution in [2.45, 2.75) is 13.1 Å². The first-order valence-electron chi connectivity index (χ1n) is 7.10. The predicted molar refractivity (Wildman–Crippen MR) is 82.7 cm³/mol. The SMILES string of the molecule is COc1ccc(CNCc2ccc3c(c2)OCO3)c(OC)c1. The van der Waals surface area contributed by atoms with Crippen molar-refractivity contribution in [2.24, 2.45) is 0 Å². The highest BCUT2D eigenvalue weighted by atomic mass is 16.7. The van der Waals surface area contributed by atoms with Crippen LogP contribution in [0.5, 0.6) is 23.0 Å². The summed E-state index contributed by atoms with van der Waals surface area (Å²) in [6, 6.07) is 11.8. The van der Waals surface area contributed by atoms with E-state index in [4.69, 9.17) is 18.9 Å². The van der Waals surface area contributed by atoms with Gasteiger partial charge in [0.1, 0.15) is 11.5 Å². The normalized spacial score (nSPS) is 12.3. The van der Waals surface area contributed by atoms with Crippen LogP contribution in [0.3, 0.4) is 0 Å². The summed E-state index contributed by atoms with van der Waals surface area (Å²) in [6.07, 6.45) is 0. The van der Waals surface area contributed by atoms with Crippen molar-refractivity contribution >= 4 is 0 Å². The highest BCUT2D eigenvalue weighted by Crippen LogP contribution is 2.32. The average Bonchev–Trinajstić information content (AvgIpc) is 3.02. The van der Waals surface area contributed by atoms with Crippen LogP contribution in [0.25, 0.3) is 0 Å². The maximum Gasteiger partial charge on any atom is 0.231 e. The fraction of sp³-hybridized carbons (Fsp3) is 0.294. The summed E-state index contributed by atoms with van der Waals surface area (Å²) in [4.78, 5) is 0. The van der Waals surface area contributed by atoms with E-state index in [2.05, 4.69) is 5.32 Å². The number of methoxy groups -OCH3 is 2. The molecule has 22 heavy (non-hydrogen) atoms. The van der Waals surface area contributed by atoms with Crippen LogP contribution in [0.1, 0.15) is 11.1 Å². The van der Waals surface area contributed by atoms with Crippen molar-refractivity contribution in [1.29, 1.82) is 0 Å². The van der Waals surface area contributed by atoms with Crippen LogP contribution in [-0.2, 0) is 13.1 Å². The quantitative estimate of drug-likeness (QED) is 0.889. The third-order valence-electron chi connectivity index (χ3n) is 3.58. The lowest BCUT2D eigenvalue weighted by atomic mass is 10.1. The van der Waals surface area contributed by atoms with Gasteiger partial charge in [-0.2, -0.15) is 0 Å². The first kappa shape index (κ1) is 14.5. The van der Waals surface area contributed by atoms with Gasteiger partial charge in [-0.25, -0.2) is 0 Å². The lowest BCUT2D eigenvalue weighted by Crippen LogP contribution is -2.13. The second-order valence-electron chi connectivity index (χ2n) is 4.97. The molecule has 2 aromatic carbocycles. The molecular formula is C17H19NO4. The van der Waals surface area contributed by atoms with E-state index in [1.165, 1.54) is 0 Å². The van der Waals surface area contributed by atoms with Gasteiger partial charge < -0.3 is 24.3 Å². The van der Waals surface area contributed by atoms with E-state index in [1.807, 2.05) is 36.4 Å². The van der Waals surface area contributed by atoms with Crippen LogP contribution >= 0.6 is 0 Å². The Bertz CT molecular complexity index is 657. The molecule has 1 N–H and O–H groups in total. The van der Waals surface area contributed by atoms with Gasteiger partial charge in [-0.1, -0.05) is 12.1 Å². The Morgan fingerprint density at radius 2 is 1.82 bits per heavy atom. The molecule has 5 heteroatoms. The first-order chi connectivity index (χ1) is 10.8. The van der Waals surface area contributed by atoms with E-state index in [0.717, 1.165) is 40.7 Å². The fourth-order valence-corrected chi connectivity index (χ4v) is 2.39. The summed E-state index contributed by atoms with van der Waals surface area (Å²) in [7, 11) is 3.31. The lowest BCUT2D eigenvalue weighted by molar-refractivity contribution is 0.174. The largest absolute Gasteiger partial charge is 0.497 e. The molecule has 1 aliphatic rings. The summed E-state index contributed by atoms with van der Waals surface area (Å²) < 4.78 is 21.3. The molecule has 0 aromatic heterocycles. The minimum Gasteiger partial charge on any atom is -0.497 e. The highest BCUT2D eigenvalue weighted by molar-refractivity contribution is 5.44. The Morgan fingerprint density at radius 1 is 0.955 bits per heavy atom. The Morgan fingerprint density at radius 3 is 2.64 bits per heavy atom. The summed E-state index contributed by atoms with van der Waals surface area (Å²) in [5, 5.41) is 3.40. The summed E-state index contributed by atoms with van der Waals surface area (Å²) in [6.45, 7) is 1.75. The fourth-order valence-electron chi connectivity index (χ4n) is 2.39. The van der Waals surface area contributed by atoms with E-state index < -0.39 is 0 Å². The number of nitrogens with one attached hydrogen (secondary N) is 1. The zero-order chi connectivity index (χ0) is 15.4. The molecule has 3 rings (SSSR count). The van der Waals surface area contributed by atoms with Crippen LogP contribution in [0.4, 0.5) is 0 Å². The maximum absolute atomic E-state index is 5.39. The van der Waals surface area contributed by atoms with Crippen molar-refractivity contribution in [1.82, 2.24) is 5.32 Å². The predicted octanol–water partition coefficient (Wildman–Crippen LogP) is 2.72. The van der Waals surface area contributed by atoms with Crippen LogP contribution in [0, 0.1) is 0 Å². The molecule has 0 atom stereocenters. The van der Waals surface area contributed by atoms with Gasteiger partial charge in [0.05, 0.1) is 14.2 Å². The Labute approximate surface area is 129 Å². The zero-order valence-electron chi connectivity index (χ0n) is 12.7. The molecule has 0 amide bonds. The van der Waals surface area contributed by atoms with Crippen molar-refractivity contribution in [3.05, 3.63) is 47.5 Å². The standard InChI is InChI=1S/C17H19NO4/c1-19-14-5-4-13(16(8-14)20-2)10-18-9-12-3-6-15-17(7-12)22-11-21-15/h3-8,18H,9-11H2,1-2H3. The molecule has 0 spiro atoms. The number of fused-ring (bicyclic) bond motifs is 1. The molecule has 0 fully saturated rings. The number of rotatable bonds is 6. The van der Waals surface area contributed by atoms with Crippen molar-refractivity contribution in [3.63, 3.8) is 0 Å². The molecule has 0 aliphatic carbocycles. The molecule has 0 saturated carbocycles. The Balaban J connectivity index is 1.61. The highest BCUT2D eigenvalue weighted by Gasteiger charge is 2.13. The lowest BCUT2D eigenvalue weighted by Gasteiger charge is -2.11. The van der Waals surface area contributed by atoms with Gasteiger partial charge in [0, 0.05) is 24.7 Å². The molecule has 2 aromatic rings. The van der Waals surface area contributed by atoms with E-state index in [-0.39, 0.29) is 0 Å². The molecule has 0 radical (unpaired) electrons. The minimum absolute atomic E-state index is 0.301. The second-order valence-corrected chi connectivity index (χ2v) is 4.97. The molecule has 0 bridgehead atoms. The smallest absolute Gasteiger partial charge is 0.231 e. The summed E-state index contributed by atoms with van der Waals surface area (Å²) in [5.74, 6) is 3.22. The van der Waals surface area contributed by atoms with Crippen LogP contribution < -0.4 is 24.3 Å². The Hall–Kier alpha value is -2.40. The van der Waals surface area contributed by atoms with Gasteiger partial charge in [-0.3, -0.25) is 0 Å². The van der Waals surface area contributed by atoms with E-state index >= 15 is 0 Å². The van der Waals surface area contributed by atoms with E-state index in [9.17, 15) is 0 Å².